The number of nitrogens with zero attached hydrogens (tertiary/aromatic N) is 5. The number of carbonyl (C=O) groups is 1. The number of hydrogen-bond donors (Lipinski definition) is 2. The van der Waals surface area contributed by atoms with Crippen molar-refractivity contribution in [3.8, 4) is 0 Å². The van der Waals surface area contributed by atoms with Crippen LogP contribution in [-0.2, 0) is 24.4 Å². The summed E-state index contributed by atoms with van der Waals surface area (Å²) in [5.74, 6) is -0.534. The van der Waals surface area contributed by atoms with E-state index in [1.807, 2.05) is 67.6 Å². The fourth-order valence-corrected chi connectivity index (χ4v) is 3.89. The van der Waals surface area contributed by atoms with Gasteiger partial charge in [-0.1, -0.05) is 79.2 Å². The first-order valence-corrected chi connectivity index (χ1v) is 12.1. The van der Waals surface area contributed by atoms with Crippen molar-refractivity contribution in [2.24, 2.45) is 0 Å². The molecular formula is C27H29N7O3. The molecule has 0 fully saturated rings. The van der Waals surface area contributed by atoms with Crippen molar-refractivity contribution < 1.29 is 4.79 Å². The summed E-state index contributed by atoms with van der Waals surface area (Å²) < 4.78 is 2.97. The van der Waals surface area contributed by atoms with Crippen LogP contribution in [-0.4, -0.2) is 30.5 Å². The predicted octanol–water partition coefficient (Wildman–Crippen LogP) is 2.81. The highest BCUT2D eigenvalue weighted by Crippen LogP contribution is 2.21. The minimum atomic E-state index is -0.721. The molecule has 0 aliphatic rings. The molecule has 37 heavy (non-hydrogen) atoms. The average Bonchev–Trinajstić information content (AvgIpc) is 3.35. The molecular weight excluding hydrogens is 470 g/mol. The quantitative estimate of drug-likeness (QED) is 0.323. The van der Waals surface area contributed by atoms with Gasteiger partial charge in [-0.05, 0) is 23.6 Å². The van der Waals surface area contributed by atoms with E-state index in [0.29, 0.717) is 25.2 Å². The van der Waals surface area contributed by atoms with E-state index in [2.05, 4.69) is 15.3 Å². The van der Waals surface area contributed by atoms with Crippen molar-refractivity contribution in [1.29, 1.82) is 0 Å². The van der Waals surface area contributed by atoms with Gasteiger partial charge >= 0.3 is 5.69 Å². The Balaban J connectivity index is 1.64. The maximum atomic E-state index is 13.4. The molecule has 4 rings (SSSR count). The Labute approximate surface area is 213 Å². The monoisotopic (exact) mass is 499 g/mol. The topological polar surface area (TPSA) is 132 Å². The molecule has 10 nitrogen and oxygen atoms in total. The highest BCUT2D eigenvalue weighted by molar-refractivity contribution is 6.04. The third kappa shape index (κ3) is 6.29. The molecule has 0 bridgehead atoms. The molecule has 0 saturated heterocycles. The normalized spacial score (nSPS) is 11.2. The lowest BCUT2D eigenvalue weighted by atomic mass is 10.2. The molecule has 10 heteroatoms. The van der Waals surface area contributed by atoms with E-state index in [1.165, 1.54) is 21.6 Å². The molecule has 2 aromatic carbocycles. The molecule has 0 atom stereocenters. The van der Waals surface area contributed by atoms with Crippen LogP contribution in [0.3, 0.4) is 0 Å². The number of hydrogen-bond acceptors (Lipinski definition) is 6. The van der Waals surface area contributed by atoms with Crippen LogP contribution in [0.4, 0.5) is 11.5 Å². The van der Waals surface area contributed by atoms with Gasteiger partial charge in [-0.2, -0.15) is 0 Å². The number of aromatic nitrogens is 5. The molecule has 0 spiro atoms. The maximum Gasteiger partial charge on any atom is 0.330 e. The largest absolute Gasteiger partial charge is 0.383 e. The Morgan fingerprint density at radius 1 is 1.05 bits per heavy atom. The van der Waals surface area contributed by atoms with E-state index in [0.717, 1.165) is 17.5 Å². The summed E-state index contributed by atoms with van der Waals surface area (Å²) in [6.07, 6.45) is 6.11. The van der Waals surface area contributed by atoms with E-state index >= 15 is 0 Å². The van der Waals surface area contributed by atoms with Gasteiger partial charge in [-0.25, -0.2) is 9.48 Å². The zero-order chi connectivity index (χ0) is 26.2. The van der Waals surface area contributed by atoms with Crippen LogP contribution < -0.4 is 21.9 Å². The third-order valence-electron chi connectivity index (χ3n) is 5.81. The Hall–Kier alpha value is -4.73. The zero-order valence-electron chi connectivity index (χ0n) is 20.6. The Bertz CT molecular complexity index is 1490. The number of nitrogens with one attached hydrogen (secondary N) is 1. The van der Waals surface area contributed by atoms with Crippen LogP contribution in [0.5, 0.6) is 0 Å². The Morgan fingerprint density at radius 2 is 1.73 bits per heavy atom. The summed E-state index contributed by atoms with van der Waals surface area (Å²) in [5.41, 5.74) is 7.26. The smallest absolute Gasteiger partial charge is 0.330 e. The number of carbonyl (C=O) groups excluding carboxylic acids is 1. The molecule has 0 aliphatic heterocycles. The van der Waals surface area contributed by atoms with E-state index in [9.17, 15) is 14.4 Å². The van der Waals surface area contributed by atoms with Gasteiger partial charge in [-0.3, -0.25) is 24.0 Å². The molecule has 0 radical (unpaired) electrons. The number of rotatable bonds is 10. The Kier molecular flexibility index (Phi) is 8.09. The number of amides is 1. The number of anilines is 2. The van der Waals surface area contributed by atoms with Crippen LogP contribution in [0.1, 0.15) is 36.6 Å². The molecule has 3 N–H and O–H groups in total. The maximum absolute atomic E-state index is 13.4. The van der Waals surface area contributed by atoms with Gasteiger partial charge in [0.25, 0.3) is 11.5 Å². The summed E-state index contributed by atoms with van der Waals surface area (Å²) in [6, 6.07) is 19.1. The highest BCUT2D eigenvalue weighted by Gasteiger charge is 2.23. The SMILES string of the molecule is CCCCn1c(N)c(N(Cc2ccccc2)C(=O)/C=C/c2cn(Cc3ccccc3)nn2)c(=O)[nH]c1=O. The first kappa shape index (κ1) is 25.4. The zero-order valence-corrected chi connectivity index (χ0v) is 20.6. The number of nitrogens with two attached hydrogens (primary N) is 1. The lowest BCUT2D eigenvalue weighted by Gasteiger charge is -2.23. The minimum absolute atomic E-state index is 0.0475. The summed E-state index contributed by atoms with van der Waals surface area (Å²) in [7, 11) is 0. The average molecular weight is 500 g/mol. The highest BCUT2D eigenvalue weighted by atomic mass is 16.2. The molecule has 1 amide bonds. The third-order valence-corrected chi connectivity index (χ3v) is 5.81. The van der Waals surface area contributed by atoms with Gasteiger partial charge in [0.15, 0.2) is 5.69 Å². The van der Waals surface area contributed by atoms with Crippen LogP contribution in [0.15, 0.2) is 82.5 Å². The van der Waals surface area contributed by atoms with Crippen molar-refractivity contribution >= 4 is 23.5 Å². The summed E-state index contributed by atoms with van der Waals surface area (Å²) in [6.45, 7) is 2.95. The molecule has 2 heterocycles. The van der Waals surface area contributed by atoms with Crippen molar-refractivity contribution in [2.45, 2.75) is 39.4 Å². The fourth-order valence-electron chi connectivity index (χ4n) is 3.89. The van der Waals surface area contributed by atoms with Crippen molar-refractivity contribution in [3.05, 3.63) is 111 Å². The lowest BCUT2D eigenvalue weighted by molar-refractivity contribution is -0.114. The van der Waals surface area contributed by atoms with Gasteiger partial charge in [0.2, 0.25) is 0 Å². The summed E-state index contributed by atoms with van der Waals surface area (Å²) >= 11 is 0. The lowest BCUT2D eigenvalue weighted by Crippen LogP contribution is -2.40. The molecule has 190 valence electrons. The number of H-pyrrole nitrogens is 1. The second-order valence-electron chi connectivity index (χ2n) is 8.57. The molecule has 0 aliphatic carbocycles. The van der Waals surface area contributed by atoms with Crippen molar-refractivity contribution in [2.75, 3.05) is 10.6 Å². The second-order valence-corrected chi connectivity index (χ2v) is 8.57. The van der Waals surface area contributed by atoms with Crippen molar-refractivity contribution in [1.82, 2.24) is 24.5 Å². The molecule has 0 unspecified atom stereocenters. The number of unbranched alkanes of at least 4 members (excludes halogenated alkanes) is 1. The van der Waals surface area contributed by atoms with Crippen LogP contribution in [0, 0.1) is 0 Å². The molecule has 0 saturated carbocycles. The number of nitrogen functional groups attached to an aromatic ring is 1. The van der Waals surface area contributed by atoms with E-state index in [1.54, 1.807) is 10.9 Å². The van der Waals surface area contributed by atoms with E-state index in [4.69, 9.17) is 5.73 Å². The minimum Gasteiger partial charge on any atom is -0.383 e. The van der Waals surface area contributed by atoms with E-state index in [-0.39, 0.29) is 18.1 Å². The van der Waals surface area contributed by atoms with Crippen LogP contribution >= 0.6 is 0 Å². The standard InChI is InChI=1S/C27H29N7O3/c1-2-3-16-33-25(28)24(26(36)29-27(33)37)34(18-21-12-8-5-9-13-21)23(35)15-14-22-19-32(31-30-22)17-20-10-6-4-7-11-20/h4-15,19H,2-3,16-18,28H2,1H3,(H,29,36,37)/b15-14+. The van der Waals surface area contributed by atoms with Gasteiger partial charge in [-0.15, -0.1) is 5.10 Å². The van der Waals surface area contributed by atoms with Gasteiger partial charge in [0.05, 0.1) is 19.3 Å². The van der Waals surface area contributed by atoms with Crippen LogP contribution in [0.25, 0.3) is 6.08 Å². The number of benzene rings is 2. The second kappa shape index (κ2) is 11.8. The summed E-state index contributed by atoms with van der Waals surface area (Å²) in [4.78, 5) is 42.3. The summed E-state index contributed by atoms with van der Waals surface area (Å²) in [5, 5.41) is 8.23. The van der Waals surface area contributed by atoms with Gasteiger partial charge in [0.1, 0.15) is 11.5 Å². The first-order valence-electron chi connectivity index (χ1n) is 12.1. The fraction of sp³-hybridized carbons (Fsp3) is 0.222. The molecule has 2 aromatic heterocycles. The van der Waals surface area contributed by atoms with E-state index < -0.39 is 17.2 Å². The molecule has 4 aromatic rings. The Morgan fingerprint density at radius 3 is 2.41 bits per heavy atom. The predicted molar refractivity (Wildman–Crippen MR) is 143 cm³/mol. The number of aromatic amines is 1. The van der Waals surface area contributed by atoms with Gasteiger partial charge in [0, 0.05) is 12.6 Å². The van der Waals surface area contributed by atoms with Crippen LogP contribution in [0.2, 0.25) is 0 Å². The first-order chi connectivity index (χ1) is 18.0. The van der Waals surface area contributed by atoms with Gasteiger partial charge < -0.3 is 5.73 Å². The van der Waals surface area contributed by atoms with Crippen molar-refractivity contribution in [3.63, 3.8) is 0 Å².